The van der Waals surface area contributed by atoms with Crippen LogP contribution in [-0.4, -0.2) is 52.1 Å². The highest BCUT2D eigenvalue weighted by atomic mass is 32.2. The number of nitrogens with zero attached hydrogens (tertiary/aromatic N) is 3. The Morgan fingerprint density at radius 2 is 2.06 bits per heavy atom. The number of H-pyrrole nitrogens is 1. The van der Waals surface area contributed by atoms with Crippen LogP contribution < -0.4 is 15.8 Å². The number of ether oxygens (including phenoxy) is 1. The molecule has 1 aliphatic rings. The molecular formula is C22H21N5O5S. The van der Waals surface area contributed by atoms with Gasteiger partial charge in [0.05, 0.1) is 23.8 Å². The van der Waals surface area contributed by atoms with Gasteiger partial charge in [0.25, 0.3) is 5.56 Å². The summed E-state index contributed by atoms with van der Waals surface area (Å²) < 4.78 is 4.74. The summed E-state index contributed by atoms with van der Waals surface area (Å²) in [6.07, 6.45) is 1.35. The molecule has 0 saturated carbocycles. The Labute approximate surface area is 192 Å². The van der Waals surface area contributed by atoms with Crippen LogP contribution in [0.5, 0.6) is 0 Å². The molecule has 33 heavy (non-hydrogen) atoms. The van der Waals surface area contributed by atoms with E-state index < -0.39 is 11.5 Å². The molecule has 1 aliphatic heterocycles. The summed E-state index contributed by atoms with van der Waals surface area (Å²) in [5.74, 6) is -0.910. The molecular weight excluding hydrogens is 446 g/mol. The van der Waals surface area contributed by atoms with Gasteiger partial charge in [-0.15, -0.1) is 0 Å². The molecule has 11 heteroatoms. The zero-order valence-electron chi connectivity index (χ0n) is 18.0. The molecule has 2 N–H and O–H groups in total. The molecule has 1 aromatic carbocycles. The van der Waals surface area contributed by atoms with E-state index in [1.807, 2.05) is 6.07 Å². The van der Waals surface area contributed by atoms with Gasteiger partial charge < -0.3 is 19.9 Å². The van der Waals surface area contributed by atoms with E-state index in [4.69, 9.17) is 4.74 Å². The first-order valence-corrected chi connectivity index (χ1v) is 11.2. The SMILES string of the molecule is COC(=O)c1cc(C)nc2nc(SCC(=O)Nc3cccc(N4CCCC4=O)c3)[nH]c(=O)c12. The molecule has 4 rings (SSSR count). The van der Waals surface area contributed by atoms with Gasteiger partial charge in [0.1, 0.15) is 0 Å². The molecule has 170 valence electrons. The monoisotopic (exact) mass is 467 g/mol. The predicted octanol–water partition coefficient (Wildman–Crippen LogP) is 2.27. The van der Waals surface area contributed by atoms with Crippen molar-refractivity contribution in [1.82, 2.24) is 15.0 Å². The minimum Gasteiger partial charge on any atom is -0.465 e. The first kappa shape index (κ1) is 22.5. The highest BCUT2D eigenvalue weighted by Gasteiger charge is 2.22. The Hall–Kier alpha value is -3.73. The van der Waals surface area contributed by atoms with E-state index in [1.165, 1.54) is 13.2 Å². The van der Waals surface area contributed by atoms with Crippen LogP contribution in [0.15, 0.2) is 40.3 Å². The number of pyridine rings is 1. The third-order valence-corrected chi connectivity index (χ3v) is 5.92. The molecule has 0 bridgehead atoms. The average Bonchev–Trinajstić information content (AvgIpc) is 3.22. The Balaban J connectivity index is 1.47. The molecule has 0 radical (unpaired) electrons. The predicted molar refractivity (Wildman–Crippen MR) is 124 cm³/mol. The number of amides is 2. The number of anilines is 2. The number of aromatic amines is 1. The minimum absolute atomic E-state index is 0.0169. The number of fused-ring (bicyclic) bond motifs is 1. The van der Waals surface area contributed by atoms with Crippen molar-refractivity contribution in [2.45, 2.75) is 24.9 Å². The van der Waals surface area contributed by atoms with Gasteiger partial charge in [0, 0.05) is 30.0 Å². The number of aryl methyl sites for hydroxylation is 1. The summed E-state index contributed by atoms with van der Waals surface area (Å²) in [7, 11) is 1.23. The van der Waals surface area contributed by atoms with Crippen molar-refractivity contribution in [3.63, 3.8) is 0 Å². The van der Waals surface area contributed by atoms with Crippen LogP contribution in [-0.2, 0) is 14.3 Å². The van der Waals surface area contributed by atoms with Gasteiger partial charge in [-0.05, 0) is 37.6 Å². The molecule has 1 saturated heterocycles. The second-order valence-electron chi connectivity index (χ2n) is 7.41. The number of carbonyl (C=O) groups excluding carboxylic acids is 3. The number of aromatic nitrogens is 3. The molecule has 0 spiro atoms. The molecule has 0 aliphatic carbocycles. The van der Waals surface area contributed by atoms with E-state index in [1.54, 1.807) is 30.0 Å². The molecule has 3 heterocycles. The molecule has 0 atom stereocenters. The van der Waals surface area contributed by atoms with Crippen LogP contribution in [0, 0.1) is 6.92 Å². The van der Waals surface area contributed by atoms with Gasteiger partial charge >= 0.3 is 5.97 Å². The van der Waals surface area contributed by atoms with E-state index >= 15 is 0 Å². The van der Waals surface area contributed by atoms with Gasteiger partial charge in [-0.3, -0.25) is 14.4 Å². The molecule has 10 nitrogen and oxygen atoms in total. The number of rotatable bonds is 6. The van der Waals surface area contributed by atoms with Gasteiger partial charge in [0.2, 0.25) is 11.8 Å². The fourth-order valence-corrected chi connectivity index (χ4v) is 4.24. The quantitative estimate of drug-likeness (QED) is 0.320. The summed E-state index contributed by atoms with van der Waals surface area (Å²) in [6, 6.07) is 8.57. The van der Waals surface area contributed by atoms with Crippen molar-refractivity contribution in [3.8, 4) is 0 Å². The molecule has 3 aromatic rings. The third-order valence-electron chi connectivity index (χ3n) is 5.04. The van der Waals surface area contributed by atoms with Crippen LogP contribution in [0.4, 0.5) is 11.4 Å². The first-order chi connectivity index (χ1) is 15.9. The van der Waals surface area contributed by atoms with Crippen molar-refractivity contribution < 1.29 is 19.1 Å². The highest BCUT2D eigenvalue weighted by molar-refractivity contribution is 7.99. The molecule has 2 amide bonds. The number of carbonyl (C=O) groups is 3. The number of methoxy groups -OCH3 is 1. The van der Waals surface area contributed by atoms with Gasteiger partial charge in [-0.1, -0.05) is 17.8 Å². The lowest BCUT2D eigenvalue weighted by Gasteiger charge is -2.16. The summed E-state index contributed by atoms with van der Waals surface area (Å²) in [5.41, 5.74) is 1.46. The van der Waals surface area contributed by atoms with E-state index in [0.29, 0.717) is 24.3 Å². The summed E-state index contributed by atoms with van der Waals surface area (Å²) in [6.45, 7) is 2.34. The molecule has 1 fully saturated rings. The van der Waals surface area contributed by atoms with Gasteiger partial charge in [-0.2, -0.15) is 0 Å². The van der Waals surface area contributed by atoms with Gasteiger partial charge in [0.15, 0.2) is 10.8 Å². The summed E-state index contributed by atoms with van der Waals surface area (Å²) in [5, 5.41) is 3.03. The van der Waals surface area contributed by atoms with E-state index in [9.17, 15) is 19.2 Å². The summed E-state index contributed by atoms with van der Waals surface area (Å²) in [4.78, 5) is 61.8. The lowest BCUT2D eigenvalue weighted by atomic mass is 10.1. The smallest absolute Gasteiger partial charge is 0.338 e. The van der Waals surface area contributed by atoms with Crippen LogP contribution >= 0.6 is 11.8 Å². The van der Waals surface area contributed by atoms with Crippen molar-refractivity contribution in [3.05, 3.63) is 51.9 Å². The topological polar surface area (TPSA) is 134 Å². The number of nitrogens with one attached hydrogen (secondary N) is 2. The fraction of sp³-hybridized carbons (Fsp3) is 0.273. The zero-order valence-corrected chi connectivity index (χ0v) is 18.8. The van der Waals surface area contributed by atoms with Crippen LogP contribution in [0.25, 0.3) is 11.0 Å². The summed E-state index contributed by atoms with van der Waals surface area (Å²) >= 11 is 1.03. The van der Waals surface area contributed by atoms with Crippen LogP contribution in [0.3, 0.4) is 0 Å². The fourth-order valence-electron chi connectivity index (χ4n) is 3.59. The standard InChI is InChI=1S/C22H21N5O5S/c1-12-9-15(21(31)32-2)18-19(23-12)25-22(26-20(18)30)33-11-16(28)24-13-5-3-6-14(10-13)27-8-4-7-17(27)29/h3,5-6,9-10H,4,7-8,11H2,1-2H3,(H,24,28)(H,23,25,26,30). The zero-order chi connectivity index (χ0) is 23.5. The number of thioether (sulfide) groups is 1. The average molecular weight is 468 g/mol. The first-order valence-electron chi connectivity index (χ1n) is 10.2. The van der Waals surface area contributed by atoms with Crippen molar-refractivity contribution in [2.24, 2.45) is 0 Å². The van der Waals surface area contributed by atoms with Gasteiger partial charge in [-0.25, -0.2) is 14.8 Å². The van der Waals surface area contributed by atoms with Crippen molar-refractivity contribution in [2.75, 3.05) is 29.6 Å². The molecule has 2 aromatic heterocycles. The Kier molecular flexibility index (Phi) is 6.40. The van der Waals surface area contributed by atoms with Crippen molar-refractivity contribution >= 4 is 52.0 Å². The maximum Gasteiger partial charge on any atom is 0.338 e. The second-order valence-corrected chi connectivity index (χ2v) is 8.37. The highest BCUT2D eigenvalue weighted by Crippen LogP contribution is 2.24. The van der Waals surface area contributed by atoms with Crippen LogP contribution in [0.1, 0.15) is 28.9 Å². The van der Waals surface area contributed by atoms with E-state index in [-0.39, 0.29) is 39.3 Å². The third kappa shape index (κ3) is 4.87. The lowest BCUT2D eigenvalue weighted by Crippen LogP contribution is -2.24. The largest absolute Gasteiger partial charge is 0.465 e. The maximum atomic E-state index is 12.6. The van der Waals surface area contributed by atoms with E-state index in [2.05, 4.69) is 20.3 Å². The van der Waals surface area contributed by atoms with Crippen LogP contribution in [0.2, 0.25) is 0 Å². The second kappa shape index (κ2) is 9.41. The Morgan fingerprint density at radius 1 is 1.24 bits per heavy atom. The lowest BCUT2D eigenvalue weighted by molar-refractivity contribution is -0.117. The maximum absolute atomic E-state index is 12.6. The number of esters is 1. The van der Waals surface area contributed by atoms with E-state index in [0.717, 1.165) is 23.9 Å². The number of hydrogen-bond acceptors (Lipinski definition) is 8. The number of hydrogen-bond donors (Lipinski definition) is 2. The Morgan fingerprint density at radius 3 is 2.79 bits per heavy atom. The number of benzene rings is 1. The van der Waals surface area contributed by atoms with Crippen molar-refractivity contribution in [1.29, 1.82) is 0 Å². The molecule has 0 unspecified atom stereocenters. The normalized spacial score (nSPS) is 13.4. The Bertz CT molecular complexity index is 1320. The minimum atomic E-state index is -0.657.